The number of nitrogens with zero attached hydrogens (tertiary/aromatic N) is 3. The van der Waals surface area contributed by atoms with Gasteiger partial charge in [-0.25, -0.2) is 0 Å². The summed E-state index contributed by atoms with van der Waals surface area (Å²) in [5.74, 6) is 0. The molecule has 56 valence electrons. The van der Waals surface area contributed by atoms with Gasteiger partial charge in [0, 0.05) is 12.7 Å². The summed E-state index contributed by atoms with van der Waals surface area (Å²) >= 11 is 0. The first kappa shape index (κ1) is 7.48. The molecule has 0 N–H and O–H groups in total. The molecule has 0 aliphatic heterocycles. The second-order valence-corrected chi connectivity index (χ2v) is 2.20. The van der Waals surface area contributed by atoms with Crippen LogP contribution < -0.4 is 0 Å². The van der Waals surface area contributed by atoms with Gasteiger partial charge in [0.25, 0.3) is 0 Å². The highest BCUT2D eigenvalue weighted by atomic mass is 16.1. The molecular weight excluding hydrogens is 142 g/mol. The third kappa shape index (κ3) is 1.01. The SMILES string of the molecule is Cc1c(C=O)c(C#N)nn1C. The topological polar surface area (TPSA) is 58.7 Å². The van der Waals surface area contributed by atoms with Crippen molar-refractivity contribution in [2.75, 3.05) is 0 Å². The first-order valence-electron chi connectivity index (χ1n) is 3.09. The second kappa shape index (κ2) is 2.54. The van der Waals surface area contributed by atoms with Crippen LogP contribution in [0, 0.1) is 18.3 Å². The van der Waals surface area contributed by atoms with Crippen LogP contribution in [0.15, 0.2) is 0 Å². The van der Waals surface area contributed by atoms with Gasteiger partial charge in [-0.2, -0.15) is 10.4 Å². The normalized spacial score (nSPS) is 9.18. The maximum absolute atomic E-state index is 10.4. The zero-order valence-corrected chi connectivity index (χ0v) is 6.33. The van der Waals surface area contributed by atoms with Crippen LogP contribution in [0.5, 0.6) is 0 Å². The Morgan fingerprint density at radius 2 is 2.36 bits per heavy atom. The minimum atomic E-state index is 0.194. The molecule has 1 heterocycles. The van der Waals surface area contributed by atoms with Crippen molar-refractivity contribution in [3.8, 4) is 6.07 Å². The van der Waals surface area contributed by atoms with Crippen LogP contribution in [0.2, 0.25) is 0 Å². The van der Waals surface area contributed by atoms with Crippen molar-refractivity contribution < 1.29 is 4.79 Å². The van der Waals surface area contributed by atoms with Crippen molar-refractivity contribution in [1.82, 2.24) is 9.78 Å². The van der Waals surface area contributed by atoms with E-state index in [1.807, 2.05) is 6.07 Å². The van der Waals surface area contributed by atoms with Crippen molar-refractivity contribution in [1.29, 1.82) is 5.26 Å². The van der Waals surface area contributed by atoms with Crippen LogP contribution in [-0.2, 0) is 7.05 Å². The highest BCUT2D eigenvalue weighted by Crippen LogP contribution is 2.07. The Balaban J connectivity index is 3.41. The molecule has 0 saturated carbocycles. The zero-order chi connectivity index (χ0) is 8.43. The fraction of sp³-hybridized carbons (Fsp3) is 0.286. The van der Waals surface area contributed by atoms with E-state index in [1.54, 1.807) is 14.0 Å². The molecule has 1 aromatic rings. The van der Waals surface area contributed by atoms with Crippen LogP contribution >= 0.6 is 0 Å². The Labute approximate surface area is 64.1 Å². The van der Waals surface area contributed by atoms with E-state index in [0.717, 1.165) is 5.69 Å². The van der Waals surface area contributed by atoms with E-state index in [0.29, 0.717) is 11.8 Å². The number of rotatable bonds is 1. The Hall–Kier alpha value is -1.63. The molecule has 1 rings (SSSR count). The molecule has 0 atom stereocenters. The maximum Gasteiger partial charge on any atom is 0.173 e. The van der Waals surface area contributed by atoms with Crippen LogP contribution in [0.25, 0.3) is 0 Å². The zero-order valence-electron chi connectivity index (χ0n) is 6.33. The molecule has 4 nitrogen and oxygen atoms in total. The molecule has 0 bridgehead atoms. The molecule has 11 heavy (non-hydrogen) atoms. The number of hydrogen-bond acceptors (Lipinski definition) is 3. The largest absolute Gasteiger partial charge is 0.298 e. The van der Waals surface area contributed by atoms with Gasteiger partial charge in [0.05, 0.1) is 5.56 Å². The molecule has 0 saturated heterocycles. The van der Waals surface area contributed by atoms with E-state index in [4.69, 9.17) is 5.26 Å². The van der Waals surface area contributed by atoms with Crippen LogP contribution in [0.1, 0.15) is 21.7 Å². The monoisotopic (exact) mass is 149 g/mol. The Morgan fingerprint density at radius 3 is 2.73 bits per heavy atom. The summed E-state index contributed by atoms with van der Waals surface area (Å²) < 4.78 is 1.52. The predicted octanol–water partition coefficient (Wildman–Crippen LogP) is 0.413. The molecule has 0 aromatic carbocycles. The lowest BCUT2D eigenvalue weighted by Crippen LogP contribution is -1.93. The van der Waals surface area contributed by atoms with Crippen molar-refractivity contribution >= 4 is 6.29 Å². The van der Waals surface area contributed by atoms with Crippen molar-refractivity contribution in [2.24, 2.45) is 7.05 Å². The van der Waals surface area contributed by atoms with E-state index >= 15 is 0 Å². The van der Waals surface area contributed by atoms with Gasteiger partial charge in [-0.1, -0.05) is 0 Å². The third-order valence-corrected chi connectivity index (χ3v) is 1.60. The smallest absolute Gasteiger partial charge is 0.173 e. The van der Waals surface area contributed by atoms with E-state index in [2.05, 4.69) is 5.10 Å². The standard InChI is InChI=1S/C7H7N3O/c1-5-6(4-11)7(3-8)9-10(5)2/h4H,1-2H3. The minimum absolute atomic E-state index is 0.194. The molecule has 0 amide bonds. The van der Waals surface area contributed by atoms with Gasteiger partial charge >= 0.3 is 0 Å². The fourth-order valence-electron chi connectivity index (χ4n) is 0.848. The summed E-state index contributed by atoms with van der Waals surface area (Å²) in [7, 11) is 1.70. The summed E-state index contributed by atoms with van der Waals surface area (Å²) in [5.41, 5.74) is 1.30. The number of hydrogen-bond donors (Lipinski definition) is 0. The summed E-state index contributed by atoms with van der Waals surface area (Å²) in [6.07, 6.45) is 0.654. The Kier molecular flexibility index (Phi) is 1.73. The number of carbonyl (C=O) groups is 1. The summed E-state index contributed by atoms with van der Waals surface area (Å²) in [6, 6.07) is 1.84. The molecule has 0 aliphatic rings. The van der Waals surface area contributed by atoms with Crippen molar-refractivity contribution in [2.45, 2.75) is 6.92 Å². The molecule has 0 aliphatic carbocycles. The van der Waals surface area contributed by atoms with E-state index in [-0.39, 0.29) is 5.69 Å². The lowest BCUT2D eigenvalue weighted by Gasteiger charge is -1.89. The highest BCUT2D eigenvalue weighted by Gasteiger charge is 2.10. The van der Waals surface area contributed by atoms with Crippen LogP contribution in [-0.4, -0.2) is 16.1 Å². The summed E-state index contributed by atoms with van der Waals surface area (Å²) in [4.78, 5) is 10.4. The Bertz CT molecular complexity index is 332. The molecule has 0 fully saturated rings. The quantitative estimate of drug-likeness (QED) is 0.543. The highest BCUT2D eigenvalue weighted by molar-refractivity contribution is 5.79. The van der Waals surface area contributed by atoms with Gasteiger partial charge in [-0.05, 0) is 6.92 Å². The summed E-state index contributed by atoms with van der Waals surface area (Å²) in [6.45, 7) is 1.75. The molecular formula is C7H7N3O. The van der Waals surface area contributed by atoms with Crippen molar-refractivity contribution in [3.63, 3.8) is 0 Å². The fourth-order valence-corrected chi connectivity index (χ4v) is 0.848. The van der Waals surface area contributed by atoms with E-state index in [9.17, 15) is 4.79 Å². The van der Waals surface area contributed by atoms with Gasteiger partial charge in [0.1, 0.15) is 6.07 Å². The molecule has 0 radical (unpaired) electrons. The van der Waals surface area contributed by atoms with E-state index < -0.39 is 0 Å². The van der Waals surface area contributed by atoms with Gasteiger partial charge in [0.2, 0.25) is 0 Å². The minimum Gasteiger partial charge on any atom is -0.298 e. The predicted molar refractivity (Wildman–Crippen MR) is 38.0 cm³/mol. The first-order chi connectivity index (χ1) is 5.20. The van der Waals surface area contributed by atoms with Gasteiger partial charge in [0.15, 0.2) is 12.0 Å². The molecule has 0 spiro atoms. The summed E-state index contributed by atoms with van der Waals surface area (Å²) in [5, 5.41) is 12.3. The molecule has 4 heteroatoms. The van der Waals surface area contributed by atoms with Crippen molar-refractivity contribution in [3.05, 3.63) is 17.0 Å². The number of nitriles is 1. The second-order valence-electron chi connectivity index (χ2n) is 2.20. The number of aromatic nitrogens is 2. The van der Waals surface area contributed by atoms with Crippen LogP contribution in [0.3, 0.4) is 0 Å². The molecule has 0 unspecified atom stereocenters. The lowest BCUT2D eigenvalue weighted by molar-refractivity contribution is 0.112. The number of carbonyl (C=O) groups excluding carboxylic acids is 1. The van der Waals surface area contributed by atoms with Gasteiger partial charge < -0.3 is 0 Å². The lowest BCUT2D eigenvalue weighted by atomic mass is 10.2. The maximum atomic E-state index is 10.4. The average molecular weight is 149 g/mol. The van der Waals surface area contributed by atoms with Gasteiger partial charge in [-0.3, -0.25) is 9.48 Å². The third-order valence-electron chi connectivity index (χ3n) is 1.60. The van der Waals surface area contributed by atoms with E-state index in [1.165, 1.54) is 4.68 Å². The molecule has 1 aromatic heterocycles. The van der Waals surface area contributed by atoms with Crippen LogP contribution in [0.4, 0.5) is 0 Å². The number of aryl methyl sites for hydroxylation is 1. The first-order valence-corrected chi connectivity index (χ1v) is 3.09. The Morgan fingerprint density at radius 1 is 1.73 bits per heavy atom. The van der Waals surface area contributed by atoms with Gasteiger partial charge in [-0.15, -0.1) is 0 Å². The average Bonchev–Trinajstić information content (AvgIpc) is 2.28. The number of aldehydes is 1.